The van der Waals surface area contributed by atoms with Crippen molar-refractivity contribution in [2.45, 2.75) is 0 Å². The minimum Gasteiger partial charge on any atom is -0.822 e. The fourth-order valence-electron chi connectivity index (χ4n) is 0. The predicted molar refractivity (Wildman–Crippen MR) is 26.5 cm³/mol. The summed E-state index contributed by atoms with van der Waals surface area (Å²) in [5.74, 6) is 0. The summed E-state index contributed by atoms with van der Waals surface area (Å²) in [5, 5.41) is 0. The van der Waals surface area contributed by atoms with E-state index in [1.165, 1.54) is 0 Å². The molecule has 0 aliphatic carbocycles. The van der Waals surface area contributed by atoms with Crippen molar-refractivity contribution < 1.29 is 216 Å². The van der Waals surface area contributed by atoms with Gasteiger partial charge in [-0.3, -0.25) is 0 Å². The van der Waals surface area contributed by atoms with Crippen LogP contribution in [0, 0.1) is 0 Å². The second kappa shape index (κ2) is 34.3. The van der Waals surface area contributed by atoms with E-state index in [4.69, 9.17) is 38.5 Å². The van der Waals surface area contributed by atoms with Gasteiger partial charge in [0, 0.05) is 0 Å². The third kappa shape index (κ3) is 272. The normalized spacial score (nSPS) is 6.78. The van der Waals surface area contributed by atoms with Crippen molar-refractivity contribution in [3.05, 3.63) is 13.2 Å². The molecule has 0 saturated carbocycles. The van der Waals surface area contributed by atoms with E-state index < -0.39 is 15.6 Å². The molecule has 0 atom stereocenters. The molecule has 0 saturated heterocycles. The van der Waals surface area contributed by atoms with Gasteiger partial charge in [0.25, 0.3) is 0 Å². The molecular weight excluding hydrogens is 352 g/mol. The van der Waals surface area contributed by atoms with Gasteiger partial charge in [0.05, 0.1) is 0 Å². The molecule has 0 unspecified atom stereocenters. The van der Waals surface area contributed by atoms with Crippen LogP contribution in [0.15, 0.2) is 13.2 Å². The zero-order valence-corrected chi connectivity index (χ0v) is 25.4. The van der Waals surface area contributed by atoms with E-state index >= 15 is 0 Å². The van der Waals surface area contributed by atoms with Crippen molar-refractivity contribution in [2.24, 2.45) is 0 Å². The molecule has 0 aromatic rings. The molecule has 0 spiro atoms. The molecule has 76 valence electrons. The second-order valence-corrected chi connectivity index (χ2v) is 2.68. The van der Waals surface area contributed by atoms with Gasteiger partial charge in [0.2, 0.25) is 0 Å². The molecule has 8 nitrogen and oxygen atoms in total. The van der Waals surface area contributed by atoms with E-state index in [0.717, 1.165) is 0 Å². The Morgan fingerprint density at radius 2 is 0.500 bits per heavy atom. The van der Waals surface area contributed by atoms with Crippen LogP contribution in [0.1, 0.15) is 0 Å². The number of rotatable bonds is 0. The van der Waals surface area contributed by atoms with Gasteiger partial charge in [-0.1, -0.05) is 0 Å². The Kier molecular flexibility index (Phi) is 108. The first-order valence-corrected chi connectivity index (χ1v) is 4.88. The largest absolute Gasteiger partial charge is 1.00 e. The molecular formula is C2H4Na6O8P2. The first-order valence-electron chi connectivity index (χ1n) is 1.96. The minimum atomic E-state index is -5.39. The van der Waals surface area contributed by atoms with Crippen molar-refractivity contribution in [3.8, 4) is 0 Å². The molecule has 0 heterocycles. The van der Waals surface area contributed by atoms with Crippen LogP contribution in [0.25, 0.3) is 0 Å². The SMILES string of the molecule is C=C.O=P([O-])([O-])[O-].O=P([O-])([O-])[O-].[Na+].[Na+].[Na+].[Na+].[Na+].[Na+]. The Morgan fingerprint density at radius 1 is 0.500 bits per heavy atom. The second-order valence-electron chi connectivity index (χ2n) is 0.894. The molecule has 0 fully saturated rings. The van der Waals surface area contributed by atoms with E-state index in [9.17, 15) is 0 Å². The molecule has 0 amide bonds. The minimum absolute atomic E-state index is 0. The maximum absolute atomic E-state index is 8.55. The van der Waals surface area contributed by atoms with Crippen LogP contribution >= 0.6 is 15.6 Å². The number of hydrogen-bond acceptors (Lipinski definition) is 8. The van der Waals surface area contributed by atoms with Crippen LogP contribution in [0.2, 0.25) is 0 Å². The monoisotopic (exact) mass is 356 g/mol. The van der Waals surface area contributed by atoms with Crippen molar-refractivity contribution in [2.75, 3.05) is 0 Å². The number of hydrogen-bond donors (Lipinski definition) is 0. The van der Waals surface area contributed by atoms with E-state index in [2.05, 4.69) is 13.2 Å². The van der Waals surface area contributed by atoms with Gasteiger partial charge < -0.3 is 38.5 Å². The van der Waals surface area contributed by atoms with Crippen molar-refractivity contribution in [1.82, 2.24) is 0 Å². The fraction of sp³-hybridized carbons (Fsp3) is 0. The average Bonchev–Trinajstić information content (AvgIpc) is 1.59. The maximum Gasteiger partial charge on any atom is 1.00 e. The summed E-state index contributed by atoms with van der Waals surface area (Å²) in [6, 6.07) is 0. The van der Waals surface area contributed by atoms with Gasteiger partial charge in [-0.2, -0.15) is 15.6 Å². The zero-order valence-electron chi connectivity index (χ0n) is 11.6. The Hall–Kier alpha value is 5.96. The summed E-state index contributed by atoms with van der Waals surface area (Å²) in [5.41, 5.74) is 0. The third-order valence-corrected chi connectivity index (χ3v) is 0. The average molecular weight is 356 g/mol. The van der Waals surface area contributed by atoms with Gasteiger partial charge in [-0.15, -0.1) is 13.2 Å². The fourth-order valence-corrected chi connectivity index (χ4v) is 0. The molecule has 0 bridgehead atoms. The van der Waals surface area contributed by atoms with Crippen LogP contribution in [-0.2, 0) is 9.13 Å². The van der Waals surface area contributed by atoms with Crippen molar-refractivity contribution in [1.29, 1.82) is 0 Å². The quantitative estimate of drug-likeness (QED) is 0.234. The molecule has 0 aliphatic heterocycles. The molecule has 0 rings (SSSR count). The Morgan fingerprint density at radius 3 is 0.500 bits per heavy atom. The number of phosphoric acid groups is 2. The molecule has 18 heavy (non-hydrogen) atoms. The molecule has 0 aromatic carbocycles. The molecule has 0 N–H and O–H groups in total. The van der Waals surface area contributed by atoms with Crippen LogP contribution in [0.4, 0.5) is 0 Å². The topological polar surface area (TPSA) is 172 Å². The van der Waals surface area contributed by atoms with Gasteiger partial charge in [-0.05, 0) is 0 Å². The summed E-state index contributed by atoms with van der Waals surface area (Å²) in [7, 11) is -10.8. The molecule has 16 heteroatoms. The van der Waals surface area contributed by atoms with Crippen LogP contribution in [0.5, 0.6) is 0 Å². The smallest absolute Gasteiger partial charge is 0.822 e. The first-order chi connectivity index (χ1) is 5.00. The third-order valence-electron chi connectivity index (χ3n) is 0. The van der Waals surface area contributed by atoms with Gasteiger partial charge in [0.15, 0.2) is 0 Å². The summed E-state index contributed by atoms with van der Waals surface area (Å²) in [6.07, 6.45) is 0. The van der Waals surface area contributed by atoms with E-state index in [1.54, 1.807) is 0 Å². The van der Waals surface area contributed by atoms with Gasteiger partial charge in [-0.25, -0.2) is 0 Å². The Labute approximate surface area is 239 Å². The Bertz CT molecular complexity index is 155. The zero-order chi connectivity index (χ0) is 11.0. The first kappa shape index (κ1) is 56.4. The van der Waals surface area contributed by atoms with Crippen LogP contribution < -0.4 is 207 Å². The predicted octanol–water partition coefficient (Wildman–Crippen LogP) is -22.8. The molecule has 0 aliphatic rings. The standard InChI is InChI=1S/C2H4.6Na.2H3O4P/c1-2;;;;;;;2*1-5(2,3)4/h1-2H2;;;;;;;2*(H3,1,2,3,4)/q;6*+1;;/p-6. The van der Waals surface area contributed by atoms with Gasteiger partial charge >= 0.3 is 177 Å². The van der Waals surface area contributed by atoms with Crippen LogP contribution in [-0.4, -0.2) is 0 Å². The maximum atomic E-state index is 8.55. The van der Waals surface area contributed by atoms with Crippen molar-refractivity contribution in [3.63, 3.8) is 0 Å². The summed E-state index contributed by atoms with van der Waals surface area (Å²) in [4.78, 5) is 51.3. The van der Waals surface area contributed by atoms with Crippen LogP contribution in [0.3, 0.4) is 0 Å². The Balaban J connectivity index is -0.00000000872. The van der Waals surface area contributed by atoms with E-state index in [1.807, 2.05) is 0 Å². The summed E-state index contributed by atoms with van der Waals surface area (Å²) in [6.45, 7) is 6.00. The van der Waals surface area contributed by atoms with Crippen molar-refractivity contribution >= 4 is 15.6 Å². The summed E-state index contributed by atoms with van der Waals surface area (Å²) >= 11 is 0. The summed E-state index contributed by atoms with van der Waals surface area (Å²) < 4.78 is 17.1. The van der Waals surface area contributed by atoms with Gasteiger partial charge in [0.1, 0.15) is 0 Å². The van der Waals surface area contributed by atoms with E-state index in [-0.39, 0.29) is 177 Å². The molecule has 0 aromatic heterocycles. The van der Waals surface area contributed by atoms with E-state index in [0.29, 0.717) is 0 Å². The molecule has 0 radical (unpaired) electrons.